The standard InChI is InChI=1S/C27H22FN7O2/c1-16-10-23(33-24-11-17(2)37-35-24)34-26(32-16)20-12-21(28)25(30-15-20)27(36)31-14-18-8-9-22(29-13-18)19-6-4-3-5-7-19/h3-13,15H,14H2,1-2H3,(H,31,36)(H,32,33,34,35). The van der Waals surface area contributed by atoms with Crippen molar-refractivity contribution < 1.29 is 13.7 Å². The quantitative estimate of drug-likeness (QED) is 0.323. The van der Waals surface area contributed by atoms with Gasteiger partial charge in [0.15, 0.2) is 23.2 Å². The van der Waals surface area contributed by atoms with Crippen molar-refractivity contribution in [2.75, 3.05) is 5.32 Å². The maximum absolute atomic E-state index is 14.9. The molecule has 1 amide bonds. The molecule has 0 saturated heterocycles. The minimum atomic E-state index is -0.778. The van der Waals surface area contributed by atoms with Gasteiger partial charge >= 0.3 is 0 Å². The Hall–Kier alpha value is -4.99. The number of benzene rings is 1. The average molecular weight is 496 g/mol. The number of halogens is 1. The molecule has 5 rings (SSSR count). The van der Waals surface area contributed by atoms with E-state index in [0.29, 0.717) is 28.7 Å². The second-order valence-electron chi connectivity index (χ2n) is 8.32. The van der Waals surface area contributed by atoms with Gasteiger partial charge in [-0.05, 0) is 31.5 Å². The van der Waals surface area contributed by atoms with Crippen LogP contribution in [-0.2, 0) is 6.54 Å². The molecule has 0 saturated carbocycles. The van der Waals surface area contributed by atoms with Crippen LogP contribution in [0.15, 0.2) is 77.6 Å². The zero-order chi connectivity index (χ0) is 25.8. The minimum Gasteiger partial charge on any atom is -0.360 e. The lowest BCUT2D eigenvalue weighted by Crippen LogP contribution is -2.25. The van der Waals surface area contributed by atoms with Crippen LogP contribution in [0.1, 0.15) is 27.5 Å². The molecule has 1 aromatic carbocycles. The summed E-state index contributed by atoms with van der Waals surface area (Å²) in [6.07, 6.45) is 3.05. The van der Waals surface area contributed by atoms with Gasteiger partial charge in [0.1, 0.15) is 11.6 Å². The Bertz CT molecular complexity index is 1550. The SMILES string of the molecule is Cc1cc(Nc2cc(C)on2)nc(-c2cnc(C(=O)NCc3ccc(-c4ccccc4)nc3)c(F)c2)n1. The van der Waals surface area contributed by atoms with Crippen LogP contribution in [0, 0.1) is 19.7 Å². The molecular formula is C27H22FN7O2. The van der Waals surface area contributed by atoms with E-state index in [1.807, 2.05) is 42.5 Å². The summed E-state index contributed by atoms with van der Waals surface area (Å²) in [7, 11) is 0. The molecule has 5 aromatic rings. The number of rotatable bonds is 7. The molecule has 37 heavy (non-hydrogen) atoms. The third-order valence-electron chi connectivity index (χ3n) is 5.40. The lowest BCUT2D eigenvalue weighted by Gasteiger charge is -2.09. The van der Waals surface area contributed by atoms with E-state index in [9.17, 15) is 9.18 Å². The number of aromatic nitrogens is 5. The second-order valence-corrected chi connectivity index (χ2v) is 8.32. The van der Waals surface area contributed by atoms with Crippen LogP contribution in [0.25, 0.3) is 22.6 Å². The van der Waals surface area contributed by atoms with E-state index in [-0.39, 0.29) is 18.1 Å². The maximum Gasteiger partial charge on any atom is 0.273 e. The number of hydrogen-bond acceptors (Lipinski definition) is 8. The first-order valence-electron chi connectivity index (χ1n) is 11.4. The number of nitrogens with zero attached hydrogens (tertiary/aromatic N) is 5. The van der Waals surface area contributed by atoms with Crippen LogP contribution in [-0.4, -0.2) is 31.0 Å². The van der Waals surface area contributed by atoms with Crippen molar-refractivity contribution in [3.63, 3.8) is 0 Å². The number of hydrogen-bond donors (Lipinski definition) is 2. The Balaban J connectivity index is 1.27. The van der Waals surface area contributed by atoms with Crippen molar-refractivity contribution in [1.29, 1.82) is 0 Å². The topological polar surface area (TPSA) is 119 Å². The number of carbonyl (C=O) groups is 1. The molecule has 4 heterocycles. The molecule has 0 radical (unpaired) electrons. The number of nitrogens with one attached hydrogen (secondary N) is 2. The number of pyridine rings is 2. The molecule has 0 atom stereocenters. The van der Waals surface area contributed by atoms with Gasteiger partial charge in [-0.2, -0.15) is 0 Å². The molecule has 0 aliphatic carbocycles. The molecule has 9 nitrogen and oxygen atoms in total. The van der Waals surface area contributed by atoms with Crippen molar-refractivity contribution in [3.05, 3.63) is 102 Å². The van der Waals surface area contributed by atoms with Gasteiger partial charge in [-0.1, -0.05) is 41.6 Å². The van der Waals surface area contributed by atoms with Gasteiger partial charge < -0.3 is 15.2 Å². The highest BCUT2D eigenvalue weighted by Crippen LogP contribution is 2.22. The van der Waals surface area contributed by atoms with Crippen molar-refractivity contribution in [2.45, 2.75) is 20.4 Å². The summed E-state index contributed by atoms with van der Waals surface area (Å²) in [5.41, 5.74) is 3.27. The molecule has 184 valence electrons. The molecule has 4 aromatic heterocycles. The highest BCUT2D eigenvalue weighted by atomic mass is 19.1. The third kappa shape index (κ3) is 5.64. The van der Waals surface area contributed by atoms with Gasteiger partial charge in [0.2, 0.25) is 0 Å². The third-order valence-corrected chi connectivity index (χ3v) is 5.40. The van der Waals surface area contributed by atoms with E-state index >= 15 is 0 Å². The summed E-state index contributed by atoms with van der Waals surface area (Å²) in [6.45, 7) is 3.75. The highest BCUT2D eigenvalue weighted by Gasteiger charge is 2.16. The summed E-state index contributed by atoms with van der Waals surface area (Å²) in [5, 5.41) is 9.59. The van der Waals surface area contributed by atoms with Gasteiger partial charge in [-0.3, -0.25) is 9.78 Å². The fourth-order valence-electron chi connectivity index (χ4n) is 3.62. The molecule has 0 aliphatic heterocycles. The molecule has 0 fully saturated rings. The minimum absolute atomic E-state index is 0.182. The van der Waals surface area contributed by atoms with Gasteiger partial charge in [0.05, 0.1) is 5.69 Å². The van der Waals surface area contributed by atoms with Crippen molar-refractivity contribution in [3.8, 4) is 22.6 Å². The van der Waals surface area contributed by atoms with Crippen LogP contribution in [0.5, 0.6) is 0 Å². The Kier molecular flexibility index (Phi) is 6.62. The number of aryl methyl sites for hydroxylation is 2. The molecule has 0 spiro atoms. The van der Waals surface area contributed by atoms with E-state index in [1.54, 1.807) is 32.2 Å². The summed E-state index contributed by atoms with van der Waals surface area (Å²) >= 11 is 0. The van der Waals surface area contributed by atoms with Crippen molar-refractivity contribution in [1.82, 2.24) is 30.4 Å². The van der Waals surface area contributed by atoms with Crippen LogP contribution in [0.4, 0.5) is 16.0 Å². The monoisotopic (exact) mass is 495 g/mol. The van der Waals surface area contributed by atoms with E-state index in [2.05, 4.69) is 35.7 Å². The molecule has 10 heteroatoms. The smallest absolute Gasteiger partial charge is 0.273 e. The number of amides is 1. The van der Waals surface area contributed by atoms with Crippen LogP contribution < -0.4 is 10.6 Å². The first-order valence-corrected chi connectivity index (χ1v) is 11.4. The second kappa shape index (κ2) is 10.3. The van der Waals surface area contributed by atoms with E-state index < -0.39 is 11.7 Å². The van der Waals surface area contributed by atoms with E-state index in [1.165, 1.54) is 12.3 Å². The Morgan fingerprint density at radius 2 is 1.76 bits per heavy atom. The van der Waals surface area contributed by atoms with Gasteiger partial charge in [-0.25, -0.2) is 19.3 Å². The molecule has 2 N–H and O–H groups in total. The maximum atomic E-state index is 14.9. The van der Waals surface area contributed by atoms with Crippen LogP contribution in [0.3, 0.4) is 0 Å². The average Bonchev–Trinajstić information content (AvgIpc) is 3.32. The number of anilines is 2. The van der Waals surface area contributed by atoms with E-state index in [4.69, 9.17) is 4.52 Å². The zero-order valence-corrected chi connectivity index (χ0v) is 20.1. The van der Waals surface area contributed by atoms with E-state index in [0.717, 1.165) is 16.8 Å². The van der Waals surface area contributed by atoms with Crippen molar-refractivity contribution in [2.24, 2.45) is 0 Å². The summed E-state index contributed by atoms with van der Waals surface area (Å²) in [5.74, 6) is 0.442. The van der Waals surface area contributed by atoms with Crippen LogP contribution >= 0.6 is 0 Å². The van der Waals surface area contributed by atoms with Gasteiger partial charge in [0.25, 0.3) is 5.91 Å². The van der Waals surface area contributed by atoms with Gasteiger partial charge in [-0.15, -0.1) is 0 Å². The lowest BCUT2D eigenvalue weighted by atomic mass is 10.1. The largest absolute Gasteiger partial charge is 0.360 e. The predicted octanol–water partition coefficient (Wildman–Crippen LogP) is 5.02. The zero-order valence-electron chi connectivity index (χ0n) is 20.1. The molecule has 0 aliphatic rings. The van der Waals surface area contributed by atoms with Crippen LogP contribution in [0.2, 0.25) is 0 Å². The predicted molar refractivity (Wildman–Crippen MR) is 135 cm³/mol. The molecular weight excluding hydrogens is 473 g/mol. The van der Waals surface area contributed by atoms with Crippen molar-refractivity contribution >= 4 is 17.5 Å². The molecule has 0 unspecified atom stereocenters. The normalized spacial score (nSPS) is 10.8. The summed E-state index contributed by atoms with van der Waals surface area (Å²) < 4.78 is 19.9. The number of carbonyl (C=O) groups excluding carboxylic acids is 1. The Morgan fingerprint density at radius 3 is 2.46 bits per heavy atom. The Morgan fingerprint density at radius 1 is 0.919 bits per heavy atom. The molecule has 0 bridgehead atoms. The summed E-state index contributed by atoms with van der Waals surface area (Å²) in [6, 6.07) is 18.1. The Labute approximate surface area is 211 Å². The lowest BCUT2D eigenvalue weighted by molar-refractivity contribution is 0.0941. The van der Waals surface area contributed by atoms with Gasteiger partial charge in [0, 0.05) is 47.9 Å². The fraction of sp³-hybridized carbons (Fsp3) is 0.111. The fourth-order valence-corrected chi connectivity index (χ4v) is 3.62. The highest BCUT2D eigenvalue weighted by molar-refractivity contribution is 5.92. The first-order chi connectivity index (χ1) is 17.9. The summed E-state index contributed by atoms with van der Waals surface area (Å²) in [4.78, 5) is 29.8. The first kappa shape index (κ1) is 23.7.